The van der Waals surface area contributed by atoms with Gasteiger partial charge in [0, 0.05) is 29.7 Å². The van der Waals surface area contributed by atoms with Crippen LogP contribution >= 0.6 is 23.2 Å². The number of guanidine groups is 1. The lowest BCUT2D eigenvalue weighted by Crippen LogP contribution is -2.37. The van der Waals surface area contributed by atoms with Crippen molar-refractivity contribution in [3.63, 3.8) is 0 Å². The van der Waals surface area contributed by atoms with Crippen LogP contribution in [0.25, 0.3) is 0 Å². The van der Waals surface area contributed by atoms with E-state index < -0.39 is 0 Å². The molecule has 0 saturated carbocycles. The van der Waals surface area contributed by atoms with Gasteiger partial charge in [0.15, 0.2) is 5.96 Å². The van der Waals surface area contributed by atoms with Crippen LogP contribution in [0.1, 0.15) is 19.4 Å². The van der Waals surface area contributed by atoms with Crippen LogP contribution in [-0.4, -0.2) is 25.6 Å². The molecule has 18 heavy (non-hydrogen) atoms. The van der Waals surface area contributed by atoms with Crippen LogP contribution in [0.3, 0.4) is 0 Å². The normalized spacial score (nSPS) is 10.0. The van der Waals surface area contributed by atoms with E-state index in [1.54, 1.807) is 0 Å². The Morgan fingerprint density at radius 1 is 1.11 bits per heavy atom. The first-order chi connectivity index (χ1) is 8.69. The highest BCUT2D eigenvalue weighted by Gasteiger charge is 2.04. The first kappa shape index (κ1) is 15.1. The summed E-state index contributed by atoms with van der Waals surface area (Å²) in [6.07, 6.45) is 0.735. The number of aliphatic imine (C=N–C) groups is 1. The fourth-order valence-electron chi connectivity index (χ4n) is 1.56. The number of rotatable bonds is 5. The van der Waals surface area contributed by atoms with E-state index in [1.165, 1.54) is 0 Å². The minimum absolute atomic E-state index is 0.652. The molecule has 1 aromatic rings. The summed E-state index contributed by atoms with van der Waals surface area (Å²) in [5, 5.41) is 7.74. The lowest BCUT2D eigenvalue weighted by Gasteiger charge is -2.09. The summed E-state index contributed by atoms with van der Waals surface area (Å²) in [5.41, 5.74) is 0.955. The van der Waals surface area contributed by atoms with Crippen molar-refractivity contribution < 1.29 is 0 Å². The summed E-state index contributed by atoms with van der Waals surface area (Å²) in [6.45, 7) is 6.42. The maximum Gasteiger partial charge on any atom is 0.191 e. The Bertz CT molecular complexity index is 377. The third kappa shape index (κ3) is 4.75. The van der Waals surface area contributed by atoms with E-state index >= 15 is 0 Å². The second kappa shape index (κ2) is 8.22. The van der Waals surface area contributed by atoms with Crippen LogP contribution in [0, 0.1) is 0 Å². The highest BCUT2D eigenvalue weighted by atomic mass is 35.5. The summed E-state index contributed by atoms with van der Waals surface area (Å²) >= 11 is 12.2. The van der Waals surface area contributed by atoms with Gasteiger partial charge in [-0.2, -0.15) is 0 Å². The Kier molecular flexibility index (Phi) is 6.91. The molecule has 0 radical (unpaired) electrons. The van der Waals surface area contributed by atoms with Gasteiger partial charge >= 0.3 is 0 Å². The third-order valence-corrected chi connectivity index (χ3v) is 3.09. The fourth-order valence-corrected chi connectivity index (χ4v) is 2.15. The molecule has 0 unspecified atom stereocenters. The summed E-state index contributed by atoms with van der Waals surface area (Å²) in [5.74, 6) is 0.822. The zero-order valence-corrected chi connectivity index (χ0v) is 12.3. The second-order valence-electron chi connectivity index (χ2n) is 3.74. The predicted molar refractivity (Wildman–Crippen MR) is 79.8 cm³/mol. The maximum absolute atomic E-state index is 6.10. The molecule has 0 aliphatic rings. The standard InChI is InChI=1S/C13H19Cl2N3/c1-3-16-13(17-4-2)18-9-8-10-11(14)6-5-7-12(10)15/h5-7H,3-4,8-9H2,1-2H3,(H2,16,17,18). The minimum Gasteiger partial charge on any atom is -0.357 e. The number of hydrogen-bond acceptors (Lipinski definition) is 1. The van der Waals surface area contributed by atoms with Crippen LogP contribution in [0.15, 0.2) is 23.2 Å². The van der Waals surface area contributed by atoms with Gasteiger partial charge in [-0.3, -0.25) is 4.99 Å². The molecule has 3 nitrogen and oxygen atoms in total. The van der Waals surface area contributed by atoms with Crippen molar-refractivity contribution >= 4 is 29.2 Å². The van der Waals surface area contributed by atoms with Gasteiger partial charge < -0.3 is 10.6 Å². The molecule has 0 aliphatic carbocycles. The van der Waals surface area contributed by atoms with Crippen molar-refractivity contribution in [1.82, 2.24) is 10.6 Å². The van der Waals surface area contributed by atoms with E-state index in [0.717, 1.165) is 31.0 Å². The van der Waals surface area contributed by atoms with Crippen molar-refractivity contribution in [2.24, 2.45) is 4.99 Å². The van der Waals surface area contributed by atoms with Crippen molar-refractivity contribution in [3.8, 4) is 0 Å². The number of benzene rings is 1. The predicted octanol–water partition coefficient (Wildman–Crippen LogP) is 3.11. The quantitative estimate of drug-likeness (QED) is 0.645. The zero-order chi connectivity index (χ0) is 13.4. The molecular weight excluding hydrogens is 269 g/mol. The van der Waals surface area contributed by atoms with E-state index in [0.29, 0.717) is 16.6 Å². The smallest absolute Gasteiger partial charge is 0.191 e. The Balaban J connectivity index is 2.61. The molecule has 5 heteroatoms. The van der Waals surface area contributed by atoms with Crippen LogP contribution < -0.4 is 10.6 Å². The third-order valence-electron chi connectivity index (χ3n) is 2.38. The Labute approximate surface area is 119 Å². The molecule has 0 aliphatic heterocycles. The Morgan fingerprint density at radius 3 is 2.17 bits per heavy atom. The van der Waals surface area contributed by atoms with Gasteiger partial charge in [-0.1, -0.05) is 29.3 Å². The molecule has 0 heterocycles. The molecule has 0 aromatic heterocycles. The van der Waals surface area contributed by atoms with Gasteiger partial charge in [-0.15, -0.1) is 0 Å². The lowest BCUT2D eigenvalue weighted by atomic mass is 10.1. The number of nitrogens with zero attached hydrogens (tertiary/aromatic N) is 1. The van der Waals surface area contributed by atoms with Gasteiger partial charge in [-0.25, -0.2) is 0 Å². The summed E-state index contributed by atoms with van der Waals surface area (Å²) < 4.78 is 0. The first-order valence-corrected chi connectivity index (χ1v) is 6.89. The molecule has 0 amide bonds. The van der Waals surface area contributed by atoms with E-state index in [2.05, 4.69) is 15.6 Å². The molecule has 0 atom stereocenters. The average molecular weight is 288 g/mol. The number of hydrogen-bond donors (Lipinski definition) is 2. The number of nitrogens with one attached hydrogen (secondary N) is 2. The highest BCUT2D eigenvalue weighted by molar-refractivity contribution is 6.35. The van der Waals surface area contributed by atoms with Gasteiger partial charge in [0.1, 0.15) is 0 Å². The highest BCUT2D eigenvalue weighted by Crippen LogP contribution is 2.24. The van der Waals surface area contributed by atoms with E-state index in [9.17, 15) is 0 Å². The molecule has 100 valence electrons. The largest absolute Gasteiger partial charge is 0.357 e. The van der Waals surface area contributed by atoms with Crippen molar-refractivity contribution in [1.29, 1.82) is 0 Å². The maximum atomic E-state index is 6.10. The minimum atomic E-state index is 0.652. The Hall–Kier alpha value is -0.930. The monoisotopic (exact) mass is 287 g/mol. The Morgan fingerprint density at radius 2 is 1.67 bits per heavy atom. The zero-order valence-electron chi connectivity index (χ0n) is 10.8. The van der Waals surface area contributed by atoms with Crippen molar-refractivity contribution in [2.45, 2.75) is 20.3 Å². The molecule has 1 aromatic carbocycles. The van der Waals surface area contributed by atoms with Crippen LogP contribution in [-0.2, 0) is 6.42 Å². The van der Waals surface area contributed by atoms with E-state index in [4.69, 9.17) is 23.2 Å². The average Bonchev–Trinajstić information content (AvgIpc) is 2.33. The molecule has 2 N–H and O–H groups in total. The second-order valence-corrected chi connectivity index (χ2v) is 4.56. The molecule has 1 rings (SSSR count). The van der Waals surface area contributed by atoms with E-state index in [-0.39, 0.29) is 0 Å². The fraction of sp³-hybridized carbons (Fsp3) is 0.462. The van der Waals surface area contributed by atoms with Crippen LogP contribution in [0.4, 0.5) is 0 Å². The first-order valence-electron chi connectivity index (χ1n) is 6.14. The molecule has 0 fully saturated rings. The lowest BCUT2D eigenvalue weighted by molar-refractivity contribution is 0.833. The van der Waals surface area contributed by atoms with Crippen LogP contribution in [0.5, 0.6) is 0 Å². The summed E-state index contributed by atoms with van der Waals surface area (Å²) in [6, 6.07) is 5.55. The van der Waals surface area contributed by atoms with Crippen molar-refractivity contribution in [2.75, 3.05) is 19.6 Å². The van der Waals surface area contributed by atoms with Crippen LogP contribution in [0.2, 0.25) is 10.0 Å². The summed E-state index contributed by atoms with van der Waals surface area (Å²) in [4.78, 5) is 4.46. The molecule has 0 saturated heterocycles. The SMILES string of the molecule is CCNC(=NCCc1c(Cl)cccc1Cl)NCC. The van der Waals surface area contributed by atoms with Gasteiger partial charge in [-0.05, 0) is 38.0 Å². The number of halogens is 2. The van der Waals surface area contributed by atoms with E-state index in [1.807, 2.05) is 32.0 Å². The molecular formula is C13H19Cl2N3. The van der Waals surface area contributed by atoms with Gasteiger partial charge in [0.25, 0.3) is 0 Å². The topological polar surface area (TPSA) is 36.4 Å². The van der Waals surface area contributed by atoms with Crippen molar-refractivity contribution in [3.05, 3.63) is 33.8 Å². The molecule has 0 spiro atoms. The van der Waals surface area contributed by atoms with Gasteiger partial charge in [0.05, 0.1) is 0 Å². The molecule has 0 bridgehead atoms. The van der Waals surface area contributed by atoms with Gasteiger partial charge in [0.2, 0.25) is 0 Å². The summed E-state index contributed by atoms with van der Waals surface area (Å²) in [7, 11) is 0.